The van der Waals surface area contributed by atoms with Crippen LogP contribution in [-0.2, 0) is 9.53 Å². The molecular formula is C9H16N2O5. The predicted molar refractivity (Wildman–Crippen MR) is 54.0 cm³/mol. The van der Waals surface area contributed by atoms with Gasteiger partial charge in [0.15, 0.2) is 6.10 Å². The Morgan fingerprint density at radius 2 is 2.25 bits per heavy atom. The number of carboxylic acids is 1. The molecule has 1 aliphatic rings. The highest BCUT2D eigenvalue weighted by molar-refractivity contribution is 5.74. The number of hydrogen-bond donors (Lipinski definition) is 4. The molecule has 1 heterocycles. The van der Waals surface area contributed by atoms with Gasteiger partial charge in [0, 0.05) is 19.6 Å². The van der Waals surface area contributed by atoms with Crippen molar-refractivity contribution in [2.24, 2.45) is 0 Å². The molecule has 1 fully saturated rings. The van der Waals surface area contributed by atoms with Crippen LogP contribution in [0.1, 0.15) is 12.8 Å². The van der Waals surface area contributed by atoms with Gasteiger partial charge in [0.25, 0.3) is 0 Å². The zero-order chi connectivity index (χ0) is 12.0. The van der Waals surface area contributed by atoms with Crippen LogP contribution in [0.4, 0.5) is 4.79 Å². The second-order valence-electron chi connectivity index (χ2n) is 3.60. The number of nitrogens with one attached hydrogen (secondary N) is 2. The molecule has 0 aromatic heterocycles. The normalized spacial score (nSPS) is 21.4. The number of amides is 2. The van der Waals surface area contributed by atoms with Gasteiger partial charge in [-0.25, -0.2) is 9.59 Å². The summed E-state index contributed by atoms with van der Waals surface area (Å²) < 4.78 is 5.07. The van der Waals surface area contributed by atoms with E-state index in [0.29, 0.717) is 13.2 Å². The van der Waals surface area contributed by atoms with E-state index in [-0.39, 0.29) is 25.0 Å². The Morgan fingerprint density at radius 1 is 1.50 bits per heavy atom. The van der Waals surface area contributed by atoms with Crippen LogP contribution in [0.15, 0.2) is 0 Å². The lowest BCUT2D eigenvalue weighted by Crippen LogP contribution is -2.43. The van der Waals surface area contributed by atoms with Gasteiger partial charge in [0.05, 0.1) is 12.6 Å². The van der Waals surface area contributed by atoms with Crippen LogP contribution in [0.3, 0.4) is 0 Å². The second kappa shape index (κ2) is 6.29. The third-order valence-corrected chi connectivity index (χ3v) is 2.25. The molecule has 0 aromatic rings. The third-order valence-electron chi connectivity index (χ3n) is 2.25. The van der Waals surface area contributed by atoms with Crippen molar-refractivity contribution >= 4 is 12.0 Å². The number of carbonyl (C=O) groups excluding carboxylic acids is 1. The second-order valence-corrected chi connectivity index (χ2v) is 3.60. The smallest absolute Gasteiger partial charge is 0.332 e. The summed E-state index contributed by atoms with van der Waals surface area (Å²) >= 11 is 0. The molecule has 2 amide bonds. The van der Waals surface area contributed by atoms with Gasteiger partial charge in [-0.3, -0.25) is 0 Å². The number of carboxylic acid groups (broad SMARTS) is 1. The van der Waals surface area contributed by atoms with Crippen LogP contribution in [0, 0.1) is 0 Å². The Morgan fingerprint density at radius 3 is 2.81 bits per heavy atom. The van der Waals surface area contributed by atoms with E-state index in [2.05, 4.69) is 10.6 Å². The van der Waals surface area contributed by atoms with Crippen LogP contribution in [0.2, 0.25) is 0 Å². The lowest BCUT2D eigenvalue weighted by molar-refractivity contribution is -0.146. The molecule has 0 spiro atoms. The summed E-state index contributed by atoms with van der Waals surface area (Å²) in [4.78, 5) is 21.5. The number of rotatable bonds is 5. The summed E-state index contributed by atoms with van der Waals surface area (Å²) in [5.41, 5.74) is 0. The van der Waals surface area contributed by atoms with Gasteiger partial charge >= 0.3 is 12.0 Å². The van der Waals surface area contributed by atoms with Crippen molar-refractivity contribution in [3.63, 3.8) is 0 Å². The summed E-state index contributed by atoms with van der Waals surface area (Å²) in [5.74, 6) is -1.29. The van der Waals surface area contributed by atoms with E-state index in [4.69, 9.17) is 14.9 Å². The van der Waals surface area contributed by atoms with Crippen molar-refractivity contribution in [1.82, 2.24) is 10.6 Å². The summed E-state index contributed by atoms with van der Waals surface area (Å²) in [5, 5.41) is 22.5. The molecule has 0 bridgehead atoms. The fourth-order valence-corrected chi connectivity index (χ4v) is 1.33. The Balaban J connectivity index is 2.08. The lowest BCUT2D eigenvalue weighted by atomic mass is 10.2. The van der Waals surface area contributed by atoms with Crippen LogP contribution >= 0.6 is 0 Å². The highest BCUT2D eigenvalue weighted by Gasteiger charge is 2.18. The number of aliphatic carboxylic acids is 1. The van der Waals surface area contributed by atoms with Crippen LogP contribution < -0.4 is 10.6 Å². The highest BCUT2D eigenvalue weighted by Crippen LogP contribution is 2.02. The Bertz CT molecular complexity index is 252. The number of aliphatic hydroxyl groups excluding tert-OH is 1. The molecule has 1 rings (SSSR count). The Hall–Kier alpha value is -1.34. The van der Waals surface area contributed by atoms with Gasteiger partial charge in [0.2, 0.25) is 0 Å². The number of urea groups is 1. The van der Waals surface area contributed by atoms with Crippen molar-refractivity contribution in [3.05, 3.63) is 0 Å². The molecule has 1 saturated heterocycles. The van der Waals surface area contributed by atoms with Crippen molar-refractivity contribution < 1.29 is 24.5 Å². The molecule has 7 nitrogen and oxygen atoms in total. The quantitative estimate of drug-likeness (QED) is 0.481. The molecule has 92 valence electrons. The molecule has 2 atom stereocenters. The van der Waals surface area contributed by atoms with E-state index in [9.17, 15) is 9.59 Å². The first kappa shape index (κ1) is 12.7. The molecule has 0 aliphatic carbocycles. The molecule has 7 heteroatoms. The Kier molecular flexibility index (Phi) is 5.00. The van der Waals surface area contributed by atoms with Gasteiger partial charge in [-0.05, 0) is 6.42 Å². The molecule has 0 saturated carbocycles. The van der Waals surface area contributed by atoms with E-state index < -0.39 is 12.1 Å². The van der Waals surface area contributed by atoms with Crippen molar-refractivity contribution in [1.29, 1.82) is 0 Å². The average molecular weight is 232 g/mol. The highest BCUT2D eigenvalue weighted by atomic mass is 16.5. The van der Waals surface area contributed by atoms with Gasteiger partial charge < -0.3 is 25.6 Å². The zero-order valence-electron chi connectivity index (χ0n) is 8.81. The van der Waals surface area contributed by atoms with E-state index in [1.165, 1.54) is 0 Å². The summed E-state index contributed by atoms with van der Waals surface area (Å²) in [6.45, 7) is 1.26. The minimum atomic E-state index is -1.44. The minimum absolute atomic E-state index is 0.0100. The molecule has 4 N–H and O–H groups in total. The molecule has 2 unspecified atom stereocenters. The SMILES string of the molecule is O=C(NCCC(O)C(=O)O)NC1CCOC1. The topological polar surface area (TPSA) is 108 Å². The molecule has 0 radical (unpaired) electrons. The van der Waals surface area contributed by atoms with Gasteiger partial charge in [-0.2, -0.15) is 0 Å². The lowest BCUT2D eigenvalue weighted by Gasteiger charge is -2.12. The maximum absolute atomic E-state index is 11.2. The van der Waals surface area contributed by atoms with Crippen LogP contribution in [-0.4, -0.2) is 54.1 Å². The van der Waals surface area contributed by atoms with E-state index in [1.54, 1.807) is 0 Å². The molecular weight excluding hydrogens is 216 g/mol. The van der Waals surface area contributed by atoms with Crippen LogP contribution in [0.25, 0.3) is 0 Å². The van der Waals surface area contributed by atoms with Crippen molar-refractivity contribution in [2.75, 3.05) is 19.8 Å². The first-order chi connectivity index (χ1) is 7.59. The van der Waals surface area contributed by atoms with Gasteiger partial charge in [-0.15, -0.1) is 0 Å². The summed E-state index contributed by atoms with van der Waals surface area (Å²) in [6.07, 6.45) is -0.662. The fraction of sp³-hybridized carbons (Fsp3) is 0.778. The number of ether oxygens (including phenoxy) is 1. The van der Waals surface area contributed by atoms with Crippen molar-refractivity contribution in [3.8, 4) is 0 Å². The van der Waals surface area contributed by atoms with E-state index in [1.807, 2.05) is 0 Å². The van der Waals surface area contributed by atoms with Gasteiger partial charge in [-0.1, -0.05) is 0 Å². The Labute approximate surface area is 92.8 Å². The standard InChI is InChI=1S/C9H16N2O5/c12-7(8(13)14)1-3-10-9(15)11-6-2-4-16-5-6/h6-7,12H,1-5H2,(H,13,14)(H2,10,11,15). The monoisotopic (exact) mass is 232 g/mol. The van der Waals surface area contributed by atoms with E-state index >= 15 is 0 Å². The largest absolute Gasteiger partial charge is 0.479 e. The number of aliphatic hydroxyl groups is 1. The molecule has 16 heavy (non-hydrogen) atoms. The predicted octanol–water partition coefficient (Wildman–Crippen LogP) is -1.09. The first-order valence-corrected chi connectivity index (χ1v) is 5.12. The summed E-state index contributed by atoms with van der Waals surface area (Å²) in [6, 6.07) is -0.350. The maximum atomic E-state index is 11.2. The number of hydrogen-bond acceptors (Lipinski definition) is 4. The number of carbonyl (C=O) groups is 2. The summed E-state index contributed by atoms with van der Waals surface area (Å²) in [7, 11) is 0. The third kappa shape index (κ3) is 4.45. The molecule has 1 aliphatic heterocycles. The fourth-order valence-electron chi connectivity index (χ4n) is 1.33. The minimum Gasteiger partial charge on any atom is -0.479 e. The van der Waals surface area contributed by atoms with E-state index in [0.717, 1.165) is 6.42 Å². The van der Waals surface area contributed by atoms with Gasteiger partial charge in [0.1, 0.15) is 0 Å². The zero-order valence-corrected chi connectivity index (χ0v) is 8.81. The maximum Gasteiger partial charge on any atom is 0.332 e. The molecule has 0 aromatic carbocycles. The average Bonchev–Trinajstić information content (AvgIpc) is 2.70. The first-order valence-electron chi connectivity index (χ1n) is 5.12. The van der Waals surface area contributed by atoms with Crippen molar-refractivity contribution in [2.45, 2.75) is 25.0 Å². The van der Waals surface area contributed by atoms with Crippen LogP contribution in [0.5, 0.6) is 0 Å².